The van der Waals surface area contributed by atoms with Crippen molar-refractivity contribution in [2.24, 2.45) is 0 Å². The number of benzene rings is 1. The van der Waals surface area contributed by atoms with Crippen LogP contribution in [0.3, 0.4) is 0 Å². The van der Waals surface area contributed by atoms with E-state index in [0.29, 0.717) is 30.6 Å². The lowest BCUT2D eigenvalue weighted by molar-refractivity contribution is -0.132. The van der Waals surface area contributed by atoms with Gasteiger partial charge in [0.1, 0.15) is 17.5 Å². The molecule has 5 aromatic rings. The predicted molar refractivity (Wildman–Crippen MR) is 191 cm³/mol. The summed E-state index contributed by atoms with van der Waals surface area (Å²) in [6, 6.07) is 12.6. The number of rotatable bonds is 9. The van der Waals surface area contributed by atoms with Gasteiger partial charge in [-0.2, -0.15) is 4.37 Å². The number of aromatic nitrogens is 4. The Morgan fingerprint density at radius 1 is 1.02 bits per heavy atom. The number of likely N-dealkylation sites (tertiary alicyclic amines) is 1. The van der Waals surface area contributed by atoms with E-state index in [1.165, 1.54) is 35.4 Å². The van der Waals surface area contributed by atoms with Crippen molar-refractivity contribution < 1.29 is 9.18 Å². The Kier molecular flexibility index (Phi) is 14.1. The molecule has 0 radical (unpaired) electrons. The molecule has 0 spiro atoms. The van der Waals surface area contributed by atoms with Crippen molar-refractivity contribution in [2.75, 3.05) is 39.0 Å². The number of anilines is 2. The van der Waals surface area contributed by atoms with E-state index < -0.39 is 0 Å². The summed E-state index contributed by atoms with van der Waals surface area (Å²) >= 11 is 6.14. The van der Waals surface area contributed by atoms with Crippen LogP contribution in [0.1, 0.15) is 24.6 Å². The van der Waals surface area contributed by atoms with Gasteiger partial charge in [0.05, 0.1) is 21.7 Å². The second-order valence-corrected chi connectivity index (χ2v) is 14.0. The fraction of sp³-hybridized carbons (Fsp3) is 0.276. The zero-order chi connectivity index (χ0) is 29.1. The third kappa shape index (κ3) is 9.41. The largest absolute Gasteiger partial charge is 0.342 e. The first-order valence-corrected chi connectivity index (χ1v) is 16.7. The van der Waals surface area contributed by atoms with Crippen LogP contribution in [0.5, 0.6) is 0 Å². The predicted octanol–water partition coefficient (Wildman–Crippen LogP) is 8.26. The number of fused-ring (bicyclic) bond motifs is 1. The topological polar surface area (TPSA) is 87.1 Å². The van der Waals surface area contributed by atoms with Gasteiger partial charge in [-0.05, 0) is 74.8 Å². The normalized spacial score (nSPS) is 13.2. The van der Waals surface area contributed by atoms with Crippen molar-refractivity contribution in [3.8, 4) is 0 Å². The molecule has 8 nitrogen and oxygen atoms in total. The first-order chi connectivity index (χ1) is 20.4. The number of nitrogens with zero attached hydrogens (tertiary/aromatic N) is 6. The summed E-state index contributed by atoms with van der Waals surface area (Å²) in [5.41, 5.74) is 0.982. The van der Waals surface area contributed by atoms with Crippen molar-refractivity contribution in [3.63, 3.8) is 0 Å². The maximum absolute atomic E-state index is 13.6. The smallest absolute Gasteiger partial charge is 0.236 e. The molecule has 0 bridgehead atoms. The van der Waals surface area contributed by atoms with Gasteiger partial charge in [0.25, 0.3) is 0 Å². The second-order valence-electron chi connectivity index (χ2n) is 10.1. The lowest BCUT2D eigenvalue weighted by Crippen LogP contribution is -2.42. The minimum absolute atomic E-state index is 0. The molecule has 4 aromatic heterocycles. The van der Waals surface area contributed by atoms with Crippen molar-refractivity contribution in [1.82, 2.24) is 29.1 Å². The molecular weight excluding hydrogens is 716 g/mol. The second kappa shape index (κ2) is 17.1. The van der Waals surface area contributed by atoms with Gasteiger partial charge in [-0.3, -0.25) is 9.78 Å². The number of thiophene rings is 1. The number of nitrogens with one attached hydrogen (secondary N) is 1. The molecule has 1 fully saturated rings. The molecule has 1 saturated heterocycles. The molecule has 5 heterocycles. The van der Waals surface area contributed by atoms with E-state index in [9.17, 15) is 9.18 Å². The number of piperidine rings is 1. The van der Waals surface area contributed by atoms with Gasteiger partial charge in [-0.15, -0.1) is 48.6 Å². The van der Waals surface area contributed by atoms with Gasteiger partial charge in [0.15, 0.2) is 0 Å². The van der Waals surface area contributed by atoms with Gasteiger partial charge in [-0.25, -0.2) is 14.4 Å². The average Bonchev–Trinajstić information content (AvgIpc) is 3.66. The van der Waals surface area contributed by atoms with Crippen molar-refractivity contribution in [1.29, 1.82) is 0 Å². The van der Waals surface area contributed by atoms with Crippen LogP contribution in [0.2, 0.25) is 0 Å². The van der Waals surface area contributed by atoms with Crippen LogP contribution in [-0.4, -0.2) is 68.8 Å². The van der Waals surface area contributed by atoms with Crippen molar-refractivity contribution in [3.05, 3.63) is 71.9 Å². The average molecular weight is 747 g/mol. The Balaban J connectivity index is 0.00000184. The molecule has 6 rings (SSSR count). The lowest BCUT2D eigenvalue weighted by atomic mass is 9.96. The highest BCUT2D eigenvalue weighted by Crippen LogP contribution is 2.40. The number of hydrogen-bond acceptors (Lipinski definition) is 11. The van der Waals surface area contributed by atoms with Crippen LogP contribution in [-0.2, 0) is 4.79 Å². The number of carbonyl (C=O) groups is 1. The van der Waals surface area contributed by atoms with E-state index in [2.05, 4.69) is 20.7 Å². The molecule has 1 aliphatic heterocycles. The highest BCUT2D eigenvalue weighted by molar-refractivity contribution is 8.00. The maximum atomic E-state index is 13.6. The Labute approximate surface area is 296 Å². The zero-order valence-electron chi connectivity index (χ0n) is 24.2. The first-order valence-electron chi connectivity index (χ1n) is 13.4. The minimum atomic E-state index is -0.271. The van der Waals surface area contributed by atoms with E-state index in [1.54, 1.807) is 35.2 Å². The van der Waals surface area contributed by atoms with Crippen LogP contribution in [0.25, 0.3) is 10.2 Å². The number of amides is 1. The summed E-state index contributed by atoms with van der Waals surface area (Å²) in [5, 5.41) is 6.10. The quantitative estimate of drug-likeness (QED) is 0.160. The van der Waals surface area contributed by atoms with E-state index in [-0.39, 0.29) is 54.9 Å². The fourth-order valence-electron chi connectivity index (χ4n) is 4.65. The number of carbonyl (C=O) groups excluding carboxylic acids is 1. The molecule has 240 valence electrons. The van der Waals surface area contributed by atoms with Crippen LogP contribution >= 0.6 is 83.6 Å². The standard InChI is InChI=1S/C29H28FN7OS4.3ClH/c1-36(2)17-25(38)37-12-8-18(9-13-37)27-33-29(42-35-27)34-28-24(40-20-5-3-19(30)4-6-20)15-21(16-32-28)41-23-7-11-31-22-10-14-39-26(22)23;;;/h3-7,10-11,14-16,18H,8-9,12-13,17H2,1-2H3,(H,32,33,34,35);3*1H. The fourth-order valence-corrected chi connectivity index (χ4v) is 8.17. The third-order valence-electron chi connectivity index (χ3n) is 6.74. The summed E-state index contributed by atoms with van der Waals surface area (Å²) in [7, 11) is 3.82. The monoisotopic (exact) mass is 745 g/mol. The van der Waals surface area contributed by atoms with Crippen molar-refractivity contribution >= 4 is 111 Å². The molecule has 16 heteroatoms. The summed E-state index contributed by atoms with van der Waals surface area (Å²) in [6.45, 7) is 1.86. The van der Waals surface area contributed by atoms with Gasteiger partial charge in [0.2, 0.25) is 11.0 Å². The van der Waals surface area contributed by atoms with Crippen LogP contribution < -0.4 is 5.32 Å². The zero-order valence-corrected chi connectivity index (χ0v) is 29.9. The third-order valence-corrected chi connectivity index (χ3v) is 10.5. The summed E-state index contributed by atoms with van der Waals surface area (Å²) < 4.78 is 19.4. The molecule has 45 heavy (non-hydrogen) atoms. The molecular formula is C29H31Cl3FN7OS4. The first kappa shape index (κ1) is 37.2. The maximum Gasteiger partial charge on any atom is 0.236 e. The molecule has 0 aliphatic carbocycles. The number of pyridine rings is 2. The SMILES string of the molecule is CN(C)CC(=O)N1CCC(c2nsc(Nc3ncc(Sc4ccnc5ccsc45)cc3Sc3ccc(F)cc3)n2)CC1.Cl.Cl.Cl. The highest BCUT2D eigenvalue weighted by atomic mass is 35.5. The van der Waals surface area contributed by atoms with E-state index in [1.807, 2.05) is 53.8 Å². The molecule has 1 amide bonds. The number of hydrogen-bond donors (Lipinski definition) is 1. The van der Waals surface area contributed by atoms with E-state index >= 15 is 0 Å². The van der Waals surface area contributed by atoms with Gasteiger partial charge in [-0.1, -0.05) is 23.5 Å². The van der Waals surface area contributed by atoms with E-state index in [4.69, 9.17) is 9.97 Å². The Hall–Kier alpha value is -2.23. The Bertz CT molecular complexity index is 1700. The van der Waals surface area contributed by atoms with Crippen LogP contribution in [0, 0.1) is 5.82 Å². The van der Waals surface area contributed by atoms with Gasteiger partial charge >= 0.3 is 0 Å². The number of likely N-dealkylation sites (N-methyl/N-ethyl adjacent to an activating group) is 1. The van der Waals surface area contributed by atoms with E-state index in [0.717, 1.165) is 48.5 Å². The van der Waals surface area contributed by atoms with Crippen LogP contribution in [0.4, 0.5) is 15.3 Å². The Morgan fingerprint density at radius 2 is 1.76 bits per heavy atom. The van der Waals surface area contributed by atoms with Crippen LogP contribution in [0.15, 0.2) is 79.8 Å². The van der Waals surface area contributed by atoms with Gasteiger partial charge in [0, 0.05) is 57.6 Å². The summed E-state index contributed by atoms with van der Waals surface area (Å²) in [4.78, 5) is 34.2. The highest BCUT2D eigenvalue weighted by Gasteiger charge is 2.26. The molecule has 1 N–H and O–H groups in total. The Morgan fingerprint density at radius 3 is 2.49 bits per heavy atom. The minimum Gasteiger partial charge on any atom is -0.342 e. The lowest BCUT2D eigenvalue weighted by Gasteiger charge is -2.31. The van der Waals surface area contributed by atoms with Gasteiger partial charge < -0.3 is 15.1 Å². The molecule has 0 atom stereocenters. The summed E-state index contributed by atoms with van der Waals surface area (Å²) in [5.74, 6) is 1.58. The molecule has 1 aromatic carbocycles. The molecule has 1 aliphatic rings. The molecule has 0 saturated carbocycles. The molecule has 0 unspecified atom stereocenters. The summed E-state index contributed by atoms with van der Waals surface area (Å²) in [6.07, 6.45) is 5.37. The van der Waals surface area contributed by atoms with Crippen molar-refractivity contribution in [2.45, 2.75) is 38.3 Å². The number of halogens is 4.